The molecule has 0 fully saturated rings. The molecule has 0 spiro atoms. The van der Waals surface area contributed by atoms with Gasteiger partial charge in [-0.05, 0) is 25.0 Å². The molecule has 0 unspecified atom stereocenters. The van der Waals surface area contributed by atoms with Gasteiger partial charge in [-0.3, -0.25) is 9.79 Å². The minimum Gasteiger partial charge on any atom is -0.349 e. The lowest BCUT2D eigenvalue weighted by Gasteiger charge is -2.16. The van der Waals surface area contributed by atoms with E-state index in [1.165, 1.54) is 22.9 Å². The molecule has 0 saturated carbocycles. The highest BCUT2D eigenvalue weighted by Crippen LogP contribution is 2.22. The van der Waals surface area contributed by atoms with Crippen LogP contribution < -0.4 is 5.32 Å². The van der Waals surface area contributed by atoms with E-state index in [1.807, 2.05) is 19.1 Å². The zero-order valence-electron chi connectivity index (χ0n) is 11.2. The third-order valence-electron chi connectivity index (χ3n) is 2.92. The molecule has 0 bridgehead atoms. The van der Waals surface area contributed by atoms with Crippen LogP contribution in [-0.2, 0) is 4.79 Å². The lowest BCUT2D eigenvalue weighted by molar-refractivity contribution is -0.119. The fraction of sp³-hybridized carbons (Fsp3) is 0.429. The Balaban J connectivity index is 1.83. The fourth-order valence-electron chi connectivity index (χ4n) is 1.96. The van der Waals surface area contributed by atoms with Crippen LogP contribution in [0.3, 0.4) is 0 Å². The molecule has 0 aromatic heterocycles. The normalized spacial score (nSPS) is 16.0. The van der Waals surface area contributed by atoms with Crippen molar-refractivity contribution in [3.63, 3.8) is 0 Å². The molecule has 2 rings (SSSR count). The fourth-order valence-corrected chi connectivity index (χ4v) is 3.78. The van der Waals surface area contributed by atoms with Gasteiger partial charge in [0.2, 0.25) is 5.91 Å². The van der Waals surface area contributed by atoms with E-state index in [9.17, 15) is 4.79 Å². The lowest BCUT2D eigenvalue weighted by Crippen LogP contribution is -2.28. The number of nitrogens with zero attached hydrogens (tertiary/aromatic N) is 1. The monoisotopic (exact) mass is 294 g/mol. The molecule has 1 aromatic rings. The number of aliphatic imine (C=N–C) groups is 1. The van der Waals surface area contributed by atoms with Crippen LogP contribution in [0.25, 0.3) is 0 Å². The Labute approximate surface area is 122 Å². The summed E-state index contributed by atoms with van der Waals surface area (Å²) in [6.45, 7) is 4.97. The Hall–Kier alpha value is -0.940. The van der Waals surface area contributed by atoms with E-state index < -0.39 is 0 Å². The van der Waals surface area contributed by atoms with Crippen molar-refractivity contribution in [2.24, 2.45) is 4.99 Å². The SMILES string of the molecule is Cc1ccccc1[C@@H](C)NC(=O)CSC1=NCCS1. The van der Waals surface area contributed by atoms with Gasteiger partial charge < -0.3 is 5.32 Å². The summed E-state index contributed by atoms with van der Waals surface area (Å²) in [6.07, 6.45) is 0. The van der Waals surface area contributed by atoms with E-state index in [1.54, 1.807) is 11.8 Å². The number of nitrogens with one attached hydrogen (secondary N) is 1. The van der Waals surface area contributed by atoms with Gasteiger partial charge in [0.25, 0.3) is 0 Å². The highest BCUT2D eigenvalue weighted by atomic mass is 32.2. The molecule has 0 aliphatic carbocycles. The zero-order valence-corrected chi connectivity index (χ0v) is 12.8. The van der Waals surface area contributed by atoms with Gasteiger partial charge in [0.05, 0.1) is 18.3 Å². The van der Waals surface area contributed by atoms with Crippen molar-refractivity contribution in [3.8, 4) is 0 Å². The highest BCUT2D eigenvalue weighted by Gasteiger charge is 2.14. The van der Waals surface area contributed by atoms with Gasteiger partial charge in [0.15, 0.2) is 0 Å². The van der Waals surface area contributed by atoms with E-state index >= 15 is 0 Å². The summed E-state index contributed by atoms with van der Waals surface area (Å²) in [7, 11) is 0. The number of hydrogen-bond acceptors (Lipinski definition) is 4. The molecule has 5 heteroatoms. The molecule has 1 heterocycles. The number of amides is 1. The van der Waals surface area contributed by atoms with Gasteiger partial charge in [-0.15, -0.1) is 0 Å². The Morgan fingerprint density at radius 2 is 2.32 bits per heavy atom. The van der Waals surface area contributed by atoms with Gasteiger partial charge >= 0.3 is 0 Å². The molecule has 0 radical (unpaired) electrons. The van der Waals surface area contributed by atoms with Crippen LogP contribution in [0.1, 0.15) is 24.1 Å². The Kier molecular flexibility index (Phi) is 5.34. The summed E-state index contributed by atoms with van der Waals surface area (Å²) >= 11 is 3.27. The first-order valence-electron chi connectivity index (χ1n) is 6.32. The van der Waals surface area contributed by atoms with Gasteiger partial charge in [0.1, 0.15) is 4.38 Å². The Morgan fingerprint density at radius 3 is 3.00 bits per heavy atom. The van der Waals surface area contributed by atoms with E-state index in [0.717, 1.165) is 16.7 Å². The van der Waals surface area contributed by atoms with Crippen molar-refractivity contribution in [2.75, 3.05) is 18.1 Å². The van der Waals surface area contributed by atoms with Crippen molar-refractivity contribution in [3.05, 3.63) is 35.4 Å². The first kappa shape index (κ1) is 14.5. The summed E-state index contributed by atoms with van der Waals surface area (Å²) in [5.74, 6) is 1.56. The first-order chi connectivity index (χ1) is 9.16. The predicted molar refractivity (Wildman–Crippen MR) is 85.0 cm³/mol. The standard InChI is InChI=1S/C14H18N2OS2/c1-10-5-3-4-6-12(10)11(2)16-13(17)9-19-14-15-7-8-18-14/h3-6,11H,7-9H2,1-2H3,(H,16,17)/t11-/m1/s1. The minimum absolute atomic E-state index is 0.0486. The van der Waals surface area contributed by atoms with Crippen molar-refractivity contribution in [1.29, 1.82) is 0 Å². The molecular formula is C14H18N2OS2. The first-order valence-corrected chi connectivity index (χ1v) is 8.29. The van der Waals surface area contributed by atoms with Crippen LogP contribution in [0.2, 0.25) is 0 Å². The molecular weight excluding hydrogens is 276 g/mol. The van der Waals surface area contributed by atoms with Crippen LogP contribution in [-0.4, -0.2) is 28.3 Å². The maximum Gasteiger partial charge on any atom is 0.230 e. The van der Waals surface area contributed by atoms with Crippen LogP contribution in [0.15, 0.2) is 29.3 Å². The Bertz CT molecular complexity index is 488. The molecule has 3 nitrogen and oxygen atoms in total. The van der Waals surface area contributed by atoms with E-state index in [4.69, 9.17) is 0 Å². The average Bonchev–Trinajstić information content (AvgIpc) is 2.90. The number of carbonyl (C=O) groups excluding carboxylic acids is 1. The van der Waals surface area contributed by atoms with Gasteiger partial charge in [-0.2, -0.15) is 0 Å². The van der Waals surface area contributed by atoms with Crippen LogP contribution in [0.4, 0.5) is 0 Å². The zero-order chi connectivity index (χ0) is 13.7. The molecule has 0 saturated heterocycles. The summed E-state index contributed by atoms with van der Waals surface area (Å²) in [6, 6.07) is 8.19. The molecule has 1 atom stereocenters. The summed E-state index contributed by atoms with van der Waals surface area (Å²) in [4.78, 5) is 16.2. The minimum atomic E-state index is 0.0486. The summed E-state index contributed by atoms with van der Waals surface area (Å²) in [5.41, 5.74) is 2.38. The third kappa shape index (κ3) is 4.28. The maximum absolute atomic E-state index is 11.9. The van der Waals surface area contributed by atoms with Crippen LogP contribution >= 0.6 is 23.5 Å². The van der Waals surface area contributed by atoms with E-state index in [2.05, 4.69) is 29.4 Å². The maximum atomic E-state index is 11.9. The second kappa shape index (κ2) is 7.01. The summed E-state index contributed by atoms with van der Waals surface area (Å²) < 4.78 is 1.04. The number of thioether (sulfide) groups is 2. The molecule has 1 aliphatic rings. The molecule has 102 valence electrons. The number of benzene rings is 1. The molecule has 1 aromatic carbocycles. The summed E-state index contributed by atoms with van der Waals surface area (Å²) in [5, 5.41) is 3.04. The highest BCUT2D eigenvalue weighted by molar-refractivity contribution is 8.39. The van der Waals surface area contributed by atoms with Crippen molar-refractivity contribution in [1.82, 2.24) is 5.32 Å². The number of carbonyl (C=O) groups is 1. The van der Waals surface area contributed by atoms with E-state index in [-0.39, 0.29) is 11.9 Å². The molecule has 1 amide bonds. The second-order valence-corrected chi connectivity index (χ2v) is 6.74. The molecule has 19 heavy (non-hydrogen) atoms. The van der Waals surface area contributed by atoms with Gasteiger partial charge in [-0.1, -0.05) is 47.8 Å². The van der Waals surface area contributed by atoms with Crippen molar-refractivity contribution < 1.29 is 4.79 Å². The quantitative estimate of drug-likeness (QED) is 0.928. The number of rotatable bonds is 4. The second-order valence-electron chi connectivity index (χ2n) is 4.43. The largest absolute Gasteiger partial charge is 0.349 e. The van der Waals surface area contributed by atoms with Crippen LogP contribution in [0.5, 0.6) is 0 Å². The smallest absolute Gasteiger partial charge is 0.230 e. The topological polar surface area (TPSA) is 41.5 Å². The predicted octanol–water partition coefficient (Wildman–Crippen LogP) is 3.01. The number of hydrogen-bond donors (Lipinski definition) is 1. The Morgan fingerprint density at radius 1 is 1.53 bits per heavy atom. The third-order valence-corrected chi connectivity index (χ3v) is 5.17. The van der Waals surface area contributed by atoms with Crippen LogP contribution in [0, 0.1) is 6.92 Å². The number of aryl methyl sites for hydroxylation is 1. The van der Waals surface area contributed by atoms with E-state index in [0.29, 0.717) is 5.75 Å². The van der Waals surface area contributed by atoms with Crippen molar-refractivity contribution in [2.45, 2.75) is 19.9 Å². The molecule has 1 N–H and O–H groups in total. The van der Waals surface area contributed by atoms with Crippen molar-refractivity contribution >= 4 is 33.8 Å². The van der Waals surface area contributed by atoms with Gasteiger partial charge in [-0.25, -0.2) is 0 Å². The molecule has 1 aliphatic heterocycles. The van der Waals surface area contributed by atoms with Gasteiger partial charge in [0, 0.05) is 5.75 Å². The lowest BCUT2D eigenvalue weighted by atomic mass is 10.0. The average molecular weight is 294 g/mol.